The number of nitriles is 1. The van der Waals surface area contributed by atoms with Gasteiger partial charge in [-0.3, -0.25) is 18.7 Å². The Bertz CT molecular complexity index is 1570. The van der Waals surface area contributed by atoms with Crippen LogP contribution in [0.4, 0.5) is 24.8 Å². The molecule has 11 nitrogen and oxygen atoms in total. The third kappa shape index (κ3) is 6.30. The van der Waals surface area contributed by atoms with Crippen LogP contribution in [0.2, 0.25) is 0 Å². The van der Waals surface area contributed by atoms with Crippen molar-refractivity contribution in [3.63, 3.8) is 0 Å². The number of hydrogen-bond donors (Lipinski definition) is 1. The zero-order valence-electron chi connectivity index (χ0n) is 20.8. The summed E-state index contributed by atoms with van der Waals surface area (Å²) in [5, 5.41) is 14.9. The molecule has 0 aliphatic heterocycles. The monoisotopic (exact) mass is 529 g/mol. The predicted octanol–water partition coefficient (Wildman–Crippen LogP) is 3.16. The number of aliphatic imine (C=N–C) groups is 1. The van der Waals surface area contributed by atoms with Gasteiger partial charge in [0.2, 0.25) is 5.91 Å². The summed E-state index contributed by atoms with van der Waals surface area (Å²) in [6.45, 7) is 4.75. The minimum absolute atomic E-state index is 0.0692. The summed E-state index contributed by atoms with van der Waals surface area (Å²) in [4.78, 5) is 45.3. The van der Waals surface area contributed by atoms with Gasteiger partial charge in [0.25, 0.3) is 5.56 Å². The molecule has 1 N–H and O–H groups in total. The molecule has 0 atom stereocenters. The first-order valence-electron chi connectivity index (χ1n) is 11.0. The molecule has 14 heteroatoms. The van der Waals surface area contributed by atoms with Gasteiger partial charge in [0.1, 0.15) is 29.2 Å². The molecule has 0 aromatic carbocycles. The first kappa shape index (κ1) is 27.8. The second-order valence-electron chi connectivity index (χ2n) is 8.27. The lowest BCUT2D eigenvalue weighted by Gasteiger charge is -2.11. The molecule has 0 saturated carbocycles. The quantitative estimate of drug-likeness (QED) is 0.462. The number of pyridine rings is 1. The molecule has 0 aliphatic rings. The minimum atomic E-state index is -4.85. The zero-order valence-corrected chi connectivity index (χ0v) is 20.8. The first-order chi connectivity index (χ1) is 17.8. The number of allylic oxidation sites excluding steroid dienone is 1. The Morgan fingerprint density at radius 1 is 1.29 bits per heavy atom. The summed E-state index contributed by atoms with van der Waals surface area (Å²) in [6, 6.07) is 5.05. The topological polar surface area (TPSA) is 148 Å². The fourth-order valence-corrected chi connectivity index (χ4v) is 3.38. The van der Waals surface area contributed by atoms with E-state index in [0.29, 0.717) is 17.0 Å². The van der Waals surface area contributed by atoms with Crippen LogP contribution >= 0.6 is 0 Å². The van der Waals surface area contributed by atoms with Gasteiger partial charge in [0.05, 0.1) is 17.7 Å². The van der Waals surface area contributed by atoms with Gasteiger partial charge in [-0.2, -0.15) is 18.4 Å². The molecule has 38 heavy (non-hydrogen) atoms. The molecule has 3 heterocycles. The lowest BCUT2D eigenvalue weighted by atomic mass is 10.2. The van der Waals surface area contributed by atoms with Crippen molar-refractivity contribution >= 4 is 23.8 Å². The molecule has 0 radical (unpaired) electrons. The number of aryl methyl sites for hydroxylation is 1. The van der Waals surface area contributed by atoms with E-state index in [9.17, 15) is 27.6 Å². The van der Waals surface area contributed by atoms with Crippen molar-refractivity contribution in [3.05, 3.63) is 79.0 Å². The molecule has 0 aliphatic carbocycles. The second-order valence-corrected chi connectivity index (χ2v) is 8.27. The maximum absolute atomic E-state index is 13.1. The number of carbonyl (C=O) groups is 1. The average Bonchev–Trinajstić information content (AvgIpc) is 3.28. The van der Waals surface area contributed by atoms with Gasteiger partial charge in [-0.15, -0.1) is 0 Å². The fourth-order valence-electron chi connectivity index (χ4n) is 3.38. The Morgan fingerprint density at radius 2 is 2.00 bits per heavy atom. The predicted molar refractivity (Wildman–Crippen MR) is 130 cm³/mol. The van der Waals surface area contributed by atoms with Gasteiger partial charge in [-0.25, -0.2) is 14.8 Å². The van der Waals surface area contributed by atoms with Crippen LogP contribution in [0.25, 0.3) is 0 Å². The number of carbonyl (C=O) groups excluding carboxylic acids is 1. The summed E-state index contributed by atoms with van der Waals surface area (Å²) < 4.78 is 46.4. The molecule has 0 fully saturated rings. The molecular weight excluding hydrogens is 507 g/mol. The molecule has 0 spiro atoms. The maximum atomic E-state index is 13.1. The van der Waals surface area contributed by atoms with Crippen LogP contribution in [0.1, 0.15) is 41.6 Å². The van der Waals surface area contributed by atoms with Gasteiger partial charge in [-0.05, 0) is 38.5 Å². The van der Waals surface area contributed by atoms with Crippen molar-refractivity contribution in [3.8, 4) is 6.07 Å². The maximum Gasteiger partial charge on any atom is 0.434 e. The molecule has 0 unspecified atom stereocenters. The number of hydrogen-bond acceptors (Lipinski definition) is 8. The standard InChI is InChI=1S/C24H22F3N7O4/c1-13(5-8-19(35)30-18-7-6-16(10-28)20(31-18)24(25,26)27)11-29-21-15(3)22(36)34(23(37)33(21)4)12-17-9-14(2)38-32-17/h5-7,9,11H,8,12H2,1-4H3,(H,30,31,35)/b13-5-,29-11?. The van der Waals surface area contributed by atoms with Crippen LogP contribution in [0, 0.1) is 25.2 Å². The third-order valence-electron chi connectivity index (χ3n) is 5.29. The average molecular weight is 529 g/mol. The Morgan fingerprint density at radius 3 is 2.61 bits per heavy atom. The van der Waals surface area contributed by atoms with E-state index in [-0.39, 0.29) is 30.2 Å². The third-order valence-corrected chi connectivity index (χ3v) is 5.29. The van der Waals surface area contributed by atoms with E-state index in [1.807, 2.05) is 0 Å². The number of amides is 1. The molecule has 198 valence electrons. The summed E-state index contributed by atoms with van der Waals surface area (Å²) in [7, 11) is 1.46. The summed E-state index contributed by atoms with van der Waals surface area (Å²) in [5.41, 5.74) is -2.10. The number of alkyl halides is 3. The highest BCUT2D eigenvalue weighted by atomic mass is 19.4. The second kappa shape index (κ2) is 11.1. The molecule has 1 amide bonds. The van der Waals surface area contributed by atoms with Crippen LogP contribution in [0.5, 0.6) is 0 Å². The summed E-state index contributed by atoms with van der Waals surface area (Å²) >= 11 is 0. The largest absolute Gasteiger partial charge is 0.434 e. The number of rotatable bonds is 7. The molecule has 0 bridgehead atoms. The van der Waals surface area contributed by atoms with Gasteiger partial charge < -0.3 is 9.84 Å². The highest BCUT2D eigenvalue weighted by Gasteiger charge is 2.36. The Balaban J connectivity index is 1.74. The van der Waals surface area contributed by atoms with E-state index >= 15 is 0 Å². The number of nitrogens with zero attached hydrogens (tertiary/aromatic N) is 6. The van der Waals surface area contributed by atoms with Crippen molar-refractivity contribution in [2.24, 2.45) is 12.0 Å². The number of nitrogens with one attached hydrogen (secondary N) is 1. The van der Waals surface area contributed by atoms with E-state index in [0.717, 1.165) is 16.7 Å². The van der Waals surface area contributed by atoms with Crippen molar-refractivity contribution in [2.75, 3.05) is 5.32 Å². The van der Waals surface area contributed by atoms with Gasteiger partial charge >= 0.3 is 11.9 Å². The van der Waals surface area contributed by atoms with Crippen molar-refractivity contribution in [1.29, 1.82) is 5.26 Å². The van der Waals surface area contributed by atoms with E-state index in [1.165, 1.54) is 36.9 Å². The van der Waals surface area contributed by atoms with E-state index in [1.54, 1.807) is 19.9 Å². The molecule has 0 saturated heterocycles. The van der Waals surface area contributed by atoms with E-state index < -0.39 is 34.6 Å². The number of anilines is 1. The van der Waals surface area contributed by atoms with E-state index in [4.69, 9.17) is 9.78 Å². The SMILES string of the molecule is C/C(C=Nc1c(C)c(=O)n(Cc2cc(C)on2)c(=O)n1C)=C/CC(=O)Nc1ccc(C#N)c(C(F)(F)F)n1. The van der Waals surface area contributed by atoms with Gasteiger partial charge in [-0.1, -0.05) is 11.2 Å². The van der Waals surface area contributed by atoms with Crippen LogP contribution in [-0.4, -0.2) is 31.4 Å². The summed E-state index contributed by atoms with van der Waals surface area (Å²) in [5.74, 6) is -0.352. The normalized spacial score (nSPS) is 12.1. The molecule has 3 aromatic heterocycles. The molecule has 3 aromatic rings. The highest BCUT2D eigenvalue weighted by Crippen LogP contribution is 2.31. The van der Waals surface area contributed by atoms with Crippen LogP contribution in [-0.2, 0) is 24.6 Å². The van der Waals surface area contributed by atoms with Crippen molar-refractivity contribution in [2.45, 2.75) is 39.9 Å². The van der Waals surface area contributed by atoms with Crippen molar-refractivity contribution in [1.82, 2.24) is 19.3 Å². The van der Waals surface area contributed by atoms with Crippen LogP contribution in [0.3, 0.4) is 0 Å². The fraction of sp³-hybridized carbons (Fsp3) is 0.292. The van der Waals surface area contributed by atoms with Crippen LogP contribution < -0.4 is 16.6 Å². The van der Waals surface area contributed by atoms with Gasteiger partial charge in [0.15, 0.2) is 5.69 Å². The molecule has 3 rings (SSSR count). The first-order valence-corrected chi connectivity index (χ1v) is 11.0. The Labute approximate surface area is 213 Å². The lowest BCUT2D eigenvalue weighted by Crippen LogP contribution is -2.40. The Kier molecular flexibility index (Phi) is 8.10. The number of halogens is 3. The minimum Gasteiger partial charge on any atom is -0.361 e. The molecular formula is C24H22F3N7O4. The van der Waals surface area contributed by atoms with Crippen LogP contribution in [0.15, 0.2) is 49.0 Å². The zero-order chi connectivity index (χ0) is 28.2. The summed E-state index contributed by atoms with van der Waals surface area (Å²) in [6.07, 6.45) is -2.28. The van der Waals surface area contributed by atoms with Gasteiger partial charge in [0, 0.05) is 25.7 Å². The lowest BCUT2D eigenvalue weighted by molar-refractivity contribution is -0.141. The Hall–Kier alpha value is -4.80. The van der Waals surface area contributed by atoms with Crippen molar-refractivity contribution < 1.29 is 22.5 Å². The highest BCUT2D eigenvalue weighted by molar-refractivity contribution is 5.92. The van der Waals surface area contributed by atoms with E-state index in [2.05, 4.69) is 20.4 Å². The number of aromatic nitrogens is 4. The smallest absolute Gasteiger partial charge is 0.361 e.